The maximum absolute atomic E-state index is 12.6. The number of aryl methyl sites for hydroxylation is 1. The van der Waals surface area contributed by atoms with Gasteiger partial charge in [-0.05, 0) is 50.8 Å². The minimum Gasteiger partial charge on any atom is -0.504 e. The summed E-state index contributed by atoms with van der Waals surface area (Å²) in [7, 11) is 3.91. The van der Waals surface area contributed by atoms with Crippen LogP contribution in [0.4, 0.5) is 0 Å². The van der Waals surface area contributed by atoms with Crippen LogP contribution in [-0.4, -0.2) is 92.2 Å². The lowest BCUT2D eigenvalue weighted by Gasteiger charge is -2.33. The van der Waals surface area contributed by atoms with Gasteiger partial charge in [-0.3, -0.25) is 9.59 Å². The van der Waals surface area contributed by atoms with Crippen molar-refractivity contribution < 1.29 is 43.3 Å². The van der Waals surface area contributed by atoms with E-state index in [1.54, 1.807) is 6.92 Å². The Balaban J connectivity index is 1.59. The molecule has 1 amide bonds. The van der Waals surface area contributed by atoms with Gasteiger partial charge in [-0.1, -0.05) is 0 Å². The number of esters is 2. The highest BCUT2D eigenvalue weighted by atomic mass is 16.6. The van der Waals surface area contributed by atoms with Crippen molar-refractivity contribution in [3.63, 3.8) is 0 Å². The van der Waals surface area contributed by atoms with Crippen molar-refractivity contribution in [2.45, 2.75) is 39.2 Å². The van der Waals surface area contributed by atoms with Gasteiger partial charge in [-0.25, -0.2) is 4.79 Å². The number of carbonyl (C=O) groups is 3. The minimum absolute atomic E-state index is 0.0198. The smallest absolute Gasteiger partial charge is 0.338 e. The normalized spacial score (nSPS) is 19.6. The Hall–Kier alpha value is -2.85. The summed E-state index contributed by atoms with van der Waals surface area (Å²) in [5, 5.41) is 22.3. The fourth-order valence-electron chi connectivity index (χ4n) is 3.97. The van der Waals surface area contributed by atoms with Crippen LogP contribution in [0, 0.1) is 18.3 Å². The second-order valence-electron chi connectivity index (χ2n) is 10.5. The Morgan fingerprint density at radius 1 is 1.23 bits per heavy atom. The molecule has 2 fully saturated rings. The molecule has 1 saturated carbocycles. The van der Waals surface area contributed by atoms with E-state index >= 15 is 0 Å². The predicted octanol–water partition coefficient (Wildman–Crippen LogP) is 1.50. The molecule has 1 aromatic carbocycles. The Morgan fingerprint density at radius 2 is 1.91 bits per heavy atom. The summed E-state index contributed by atoms with van der Waals surface area (Å²) in [4.78, 5) is 37.5. The summed E-state index contributed by atoms with van der Waals surface area (Å²) in [5.41, 5.74) is 0.0755. The summed E-state index contributed by atoms with van der Waals surface area (Å²) >= 11 is 0. The van der Waals surface area contributed by atoms with Crippen molar-refractivity contribution in [3.05, 3.63) is 23.3 Å². The first-order valence-electron chi connectivity index (χ1n) is 12.0. The lowest BCUT2D eigenvalue weighted by atomic mass is 10.1. The first-order chi connectivity index (χ1) is 16.4. The highest BCUT2D eigenvalue weighted by Gasteiger charge is 2.47. The number of rotatable bonds is 11. The lowest BCUT2D eigenvalue weighted by molar-refractivity contribution is -0.892. The number of benzene rings is 1. The van der Waals surface area contributed by atoms with Crippen LogP contribution in [0.1, 0.15) is 42.1 Å². The standard InChI is InChI=1S/C25H36N2O8/c1-16-11-20(28)21(29)12-19(16)23(31)34-15-18(35-24(32)25(2)6-7-25)13-27(3,4)9-8-26-22(30)17-5-10-33-14-17/h11-12,17-18H,5-10,13-15H2,1-4H3,(H2-,26,28,29,30,31)/p+1. The van der Waals surface area contributed by atoms with E-state index in [4.69, 9.17) is 14.2 Å². The first kappa shape index (κ1) is 26.7. The highest BCUT2D eigenvalue weighted by Crippen LogP contribution is 2.46. The number of nitrogens with zero attached hydrogens (tertiary/aromatic N) is 1. The number of amides is 1. The predicted molar refractivity (Wildman–Crippen MR) is 126 cm³/mol. The van der Waals surface area contributed by atoms with Crippen molar-refractivity contribution in [1.29, 1.82) is 0 Å². The molecule has 2 atom stereocenters. The number of phenols is 2. The van der Waals surface area contributed by atoms with Gasteiger partial charge in [-0.2, -0.15) is 0 Å². The van der Waals surface area contributed by atoms with Crippen molar-refractivity contribution in [2.24, 2.45) is 11.3 Å². The molecule has 0 spiro atoms. The number of ether oxygens (including phenoxy) is 3. The van der Waals surface area contributed by atoms with Crippen LogP contribution < -0.4 is 5.32 Å². The van der Waals surface area contributed by atoms with E-state index in [0.29, 0.717) is 42.9 Å². The second-order valence-corrected chi connectivity index (χ2v) is 10.5. The van der Waals surface area contributed by atoms with Gasteiger partial charge in [0.25, 0.3) is 0 Å². The van der Waals surface area contributed by atoms with Crippen LogP contribution in [0.2, 0.25) is 0 Å². The topological polar surface area (TPSA) is 131 Å². The van der Waals surface area contributed by atoms with Crippen LogP contribution in [-0.2, 0) is 23.8 Å². The quantitative estimate of drug-likeness (QED) is 0.240. The molecule has 2 aliphatic rings. The van der Waals surface area contributed by atoms with Gasteiger partial charge in [0.05, 0.1) is 50.7 Å². The van der Waals surface area contributed by atoms with Gasteiger partial charge >= 0.3 is 11.9 Å². The lowest BCUT2D eigenvalue weighted by Crippen LogP contribution is -2.52. The molecule has 1 aliphatic carbocycles. The zero-order valence-electron chi connectivity index (χ0n) is 21.0. The van der Waals surface area contributed by atoms with Crippen molar-refractivity contribution in [1.82, 2.24) is 5.32 Å². The molecule has 3 rings (SSSR count). The summed E-state index contributed by atoms with van der Waals surface area (Å²) in [5.74, 6) is -1.87. The molecule has 1 aromatic rings. The third-order valence-electron chi connectivity index (χ3n) is 6.72. The molecule has 2 unspecified atom stereocenters. The maximum Gasteiger partial charge on any atom is 0.338 e. The SMILES string of the molecule is Cc1cc(O)c(O)cc1C(=O)OCC(C[N+](C)(C)CCNC(=O)C1CCOC1)OC(=O)C1(C)CC1. The first-order valence-corrected chi connectivity index (χ1v) is 12.0. The molecular formula is C25H37N2O8+. The monoisotopic (exact) mass is 493 g/mol. The molecule has 1 heterocycles. The highest BCUT2D eigenvalue weighted by molar-refractivity contribution is 5.92. The summed E-state index contributed by atoms with van der Waals surface area (Å²) in [6, 6.07) is 2.43. The Morgan fingerprint density at radius 3 is 2.54 bits per heavy atom. The van der Waals surface area contributed by atoms with Crippen LogP contribution in [0.15, 0.2) is 12.1 Å². The third-order valence-corrected chi connectivity index (χ3v) is 6.72. The molecule has 0 radical (unpaired) electrons. The molecule has 35 heavy (non-hydrogen) atoms. The fraction of sp³-hybridized carbons (Fsp3) is 0.640. The maximum atomic E-state index is 12.6. The molecule has 1 saturated heterocycles. The van der Waals surface area contributed by atoms with Crippen LogP contribution >= 0.6 is 0 Å². The molecule has 10 nitrogen and oxygen atoms in total. The minimum atomic E-state index is -0.691. The average molecular weight is 494 g/mol. The van der Waals surface area contributed by atoms with E-state index in [2.05, 4.69) is 5.32 Å². The number of hydrogen-bond acceptors (Lipinski definition) is 8. The van der Waals surface area contributed by atoms with E-state index in [9.17, 15) is 24.6 Å². The molecule has 0 bridgehead atoms. The van der Waals surface area contributed by atoms with Gasteiger partial charge < -0.3 is 34.2 Å². The van der Waals surface area contributed by atoms with Gasteiger partial charge in [-0.15, -0.1) is 0 Å². The third kappa shape index (κ3) is 7.32. The van der Waals surface area contributed by atoms with E-state index in [1.165, 1.54) is 6.07 Å². The molecule has 1 aliphatic heterocycles. The summed E-state index contributed by atoms with van der Waals surface area (Å²) < 4.78 is 16.9. The molecule has 194 valence electrons. The summed E-state index contributed by atoms with van der Waals surface area (Å²) in [6.07, 6.45) is 1.56. The number of hydrogen-bond donors (Lipinski definition) is 3. The van der Waals surface area contributed by atoms with E-state index in [-0.39, 0.29) is 35.7 Å². The number of aromatic hydroxyl groups is 2. The van der Waals surface area contributed by atoms with Crippen LogP contribution in [0.3, 0.4) is 0 Å². The molecular weight excluding hydrogens is 456 g/mol. The van der Waals surface area contributed by atoms with Crippen LogP contribution in [0.25, 0.3) is 0 Å². The summed E-state index contributed by atoms with van der Waals surface area (Å²) in [6.45, 7) is 5.77. The van der Waals surface area contributed by atoms with Gasteiger partial charge in [0.2, 0.25) is 5.91 Å². The van der Waals surface area contributed by atoms with E-state index < -0.39 is 23.2 Å². The molecule has 10 heteroatoms. The Kier molecular flexibility index (Phi) is 8.27. The van der Waals surface area contributed by atoms with Crippen molar-refractivity contribution >= 4 is 17.8 Å². The van der Waals surface area contributed by atoms with Crippen molar-refractivity contribution in [3.8, 4) is 11.5 Å². The molecule has 3 N–H and O–H groups in total. The zero-order chi connectivity index (χ0) is 25.8. The fourth-order valence-corrected chi connectivity index (χ4v) is 3.97. The van der Waals surface area contributed by atoms with Crippen molar-refractivity contribution in [2.75, 3.05) is 53.6 Å². The largest absolute Gasteiger partial charge is 0.504 e. The zero-order valence-corrected chi connectivity index (χ0v) is 21.0. The Labute approximate surface area is 205 Å². The van der Waals surface area contributed by atoms with E-state index in [1.807, 2.05) is 21.0 Å². The van der Waals surface area contributed by atoms with Gasteiger partial charge in [0, 0.05) is 6.61 Å². The number of carbonyl (C=O) groups excluding carboxylic acids is 3. The number of nitrogens with one attached hydrogen (secondary N) is 1. The number of likely N-dealkylation sites (N-methyl/N-ethyl adjacent to an activating group) is 1. The van der Waals surface area contributed by atoms with Gasteiger partial charge in [0.15, 0.2) is 17.6 Å². The molecule has 0 aromatic heterocycles. The second kappa shape index (κ2) is 10.8. The van der Waals surface area contributed by atoms with Crippen LogP contribution in [0.5, 0.6) is 11.5 Å². The van der Waals surface area contributed by atoms with Gasteiger partial charge in [0.1, 0.15) is 13.2 Å². The number of phenolic OH excluding ortho intramolecular Hbond substituents is 2. The van der Waals surface area contributed by atoms with E-state index in [0.717, 1.165) is 25.3 Å². The number of quaternary nitrogens is 1. The average Bonchev–Trinajstić information content (AvgIpc) is 3.30. The Bertz CT molecular complexity index is 951.